The van der Waals surface area contributed by atoms with Crippen molar-refractivity contribution in [3.63, 3.8) is 0 Å². The van der Waals surface area contributed by atoms with Crippen LogP contribution in [0.2, 0.25) is 0 Å². The predicted octanol–water partition coefficient (Wildman–Crippen LogP) is 2.42. The van der Waals surface area contributed by atoms with E-state index in [4.69, 9.17) is 4.74 Å². The number of fused-ring (bicyclic) bond motifs is 1. The average molecular weight is 544 g/mol. The van der Waals surface area contributed by atoms with Crippen molar-refractivity contribution in [1.82, 2.24) is 24.4 Å². The zero-order valence-electron chi connectivity index (χ0n) is 17.8. The van der Waals surface area contributed by atoms with Gasteiger partial charge in [-0.25, -0.2) is 13.9 Å². The Morgan fingerprint density at radius 1 is 1.18 bits per heavy atom. The normalized spacial score (nSPS) is 14.9. The molecule has 1 aliphatic rings. The van der Waals surface area contributed by atoms with E-state index >= 15 is 0 Å². The quantitative estimate of drug-likeness (QED) is 0.492. The highest BCUT2D eigenvalue weighted by atomic mass is 79.9. The standard InChI is InChI=1S/C21H21BrF3N5O4/c22-16-3-1-14(17(11-16)34-21(23,24)25)12-26-19(31)15-2-4-18-27-30(20(32)29(18)13-15)6-5-28-7-9-33-10-8-28/h1-4,11,13H,5-10,12H2,(H,26,31). The molecule has 0 unspecified atom stereocenters. The minimum Gasteiger partial charge on any atom is -0.405 e. The maximum absolute atomic E-state index is 12.7. The number of hydrogen-bond acceptors (Lipinski definition) is 6. The van der Waals surface area contributed by atoms with Crippen LogP contribution in [0.3, 0.4) is 0 Å². The van der Waals surface area contributed by atoms with Gasteiger partial charge in [-0.2, -0.15) is 0 Å². The Hall–Kier alpha value is -2.90. The third kappa shape index (κ3) is 5.96. The van der Waals surface area contributed by atoms with E-state index in [-0.39, 0.29) is 23.4 Å². The van der Waals surface area contributed by atoms with Crippen LogP contribution in [0.5, 0.6) is 5.75 Å². The fourth-order valence-corrected chi connectivity index (χ4v) is 3.87. The van der Waals surface area contributed by atoms with E-state index in [1.807, 2.05) is 0 Å². The van der Waals surface area contributed by atoms with Gasteiger partial charge in [-0.05, 0) is 24.3 Å². The van der Waals surface area contributed by atoms with Gasteiger partial charge in [-0.1, -0.05) is 22.0 Å². The summed E-state index contributed by atoms with van der Waals surface area (Å²) in [6.07, 6.45) is -3.51. The fraction of sp³-hybridized carbons (Fsp3) is 0.381. The van der Waals surface area contributed by atoms with E-state index in [9.17, 15) is 22.8 Å². The van der Waals surface area contributed by atoms with Crippen molar-refractivity contribution in [2.75, 3.05) is 32.8 Å². The van der Waals surface area contributed by atoms with Crippen LogP contribution in [0.4, 0.5) is 13.2 Å². The van der Waals surface area contributed by atoms with E-state index in [2.05, 4.69) is 36.0 Å². The number of pyridine rings is 1. The summed E-state index contributed by atoms with van der Waals surface area (Å²) < 4.78 is 50.4. The smallest absolute Gasteiger partial charge is 0.405 e. The average Bonchev–Trinajstić information content (AvgIpc) is 3.11. The van der Waals surface area contributed by atoms with Crippen LogP contribution in [0.25, 0.3) is 5.65 Å². The van der Waals surface area contributed by atoms with Crippen LogP contribution >= 0.6 is 15.9 Å². The number of benzene rings is 1. The number of rotatable bonds is 7. The summed E-state index contributed by atoms with van der Waals surface area (Å²) in [5, 5.41) is 6.85. The zero-order valence-corrected chi connectivity index (χ0v) is 19.4. The number of amides is 1. The number of ether oxygens (including phenoxy) is 2. The highest BCUT2D eigenvalue weighted by molar-refractivity contribution is 9.10. The molecule has 3 heterocycles. The molecule has 0 aliphatic carbocycles. The van der Waals surface area contributed by atoms with Crippen LogP contribution in [0.15, 0.2) is 45.8 Å². The molecule has 0 atom stereocenters. The molecule has 4 rings (SSSR count). The van der Waals surface area contributed by atoms with E-state index in [0.29, 0.717) is 36.4 Å². The van der Waals surface area contributed by atoms with Crippen LogP contribution in [0.1, 0.15) is 15.9 Å². The van der Waals surface area contributed by atoms with Crippen molar-refractivity contribution in [2.45, 2.75) is 19.5 Å². The molecule has 9 nitrogen and oxygen atoms in total. The molecular formula is C21H21BrF3N5O4. The summed E-state index contributed by atoms with van der Waals surface area (Å²) in [5.41, 5.74) is 0.310. The first-order valence-electron chi connectivity index (χ1n) is 10.4. The molecule has 0 spiro atoms. The zero-order chi connectivity index (χ0) is 24.3. The number of alkyl halides is 3. The highest BCUT2D eigenvalue weighted by Crippen LogP contribution is 2.29. The van der Waals surface area contributed by atoms with Gasteiger partial charge < -0.3 is 14.8 Å². The maximum Gasteiger partial charge on any atom is 0.573 e. The predicted molar refractivity (Wildman–Crippen MR) is 119 cm³/mol. The maximum atomic E-state index is 12.7. The van der Waals surface area contributed by atoms with Crippen molar-refractivity contribution in [1.29, 1.82) is 0 Å². The molecule has 0 radical (unpaired) electrons. The summed E-state index contributed by atoms with van der Waals surface area (Å²) in [5.74, 6) is -0.980. The summed E-state index contributed by atoms with van der Waals surface area (Å²) in [6.45, 7) is 3.74. The number of carbonyl (C=O) groups is 1. The van der Waals surface area contributed by atoms with Crippen molar-refractivity contribution >= 4 is 27.5 Å². The molecule has 1 saturated heterocycles. The Labute approximate surface area is 200 Å². The number of morpholine rings is 1. The third-order valence-corrected chi connectivity index (χ3v) is 5.76. The minimum atomic E-state index is -4.87. The first-order valence-corrected chi connectivity index (χ1v) is 11.2. The molecule has 1 N–H and O–H groups in total. The fourth-order valence-electron chi connectivity index (χ4n) is 3.53. The van der Waals surface area contributed by atoms with E-state index < -0.39 is 18.0 Å². The number of aromatic nitrogens is 3. The third-order valence-electron chi connectivity index (χ3n) is 5.27. The number of nitrogens with zero attached hydrogens (tertiary/aromatic N) is 4. The first kappa shape index (κ1) is 24.2. The second-order valence-corrected chi connectivity index (χ2v) is 8.50. The van der Waals surface area contributed by atoms with Gasteiger partial charge in [0.2, 0.25) is 0 Å². The summed E-state index contributed by atoms with van der Waals surface area (Å²) in [6, 6.07) is 7.17. The Kier molecular flexibility index (Phi) is 7.24. The van der Waals surface area contributed by atoms with Crippen LogP contribution in [-0.4, -0.2) is 64.2 Å². The molecule has 1 aliphatic heterocycles. The second-order valence-electron chi connectivity index (χ2n) is 7.59. The van der Waals surface area contributed by atoms with Gasteiger partial charge in [0.25, 0.3) is 5.91 Å². The van der Waals surface area contributed by atoms with Crippen molar-refractivity contribution in [3.8, 4) is 5.75 Å². The largest absolute Gasteiger partial charge is 0.573 e. The number of nitrogens with one attached hydrogen (secondary N) is 1. The van der Waals surface area contributed by atoms with Gasteiger partial charge >= 0.3 is 12.1 Å². The summed E-state index contributed by atoms with van der Waals surface area (Å²) >= 11 is 3.10. The van der Waals surface area contributed by atoms with Gasteiger partial charge in [0.15, 0.2) is 5.65 Å². The molecule has 0 saturated carbocycles. The molecule has 34 heavy (non-hydrogen) atoms. The van der Waals surface area contributed by atoms with Gasteiger partial charge in [-0.3, -0.25) is 9.69 Å². The Bertz CT molecular complexity index is 1240. The minimum absolute atomic E-state index is 0.142. The molecule has 3 aromatic rings. The molecule has 2 aromatic heterocycles. The summed E-state index contributed by atoms with van der Waals surface area (Å²) in [4.78, 5) is 27.5. The monoisotopic (exact) mass is 543 g/mol. The second kappa shape index (κ2) is 10.2. The lowest BCUT2D eigenvalue weighted by molar-refractivity contribution is -0.274. The lowest BCUT2D eigenvalue weighted by Crippen LogP contribution is -2.39. The number of carbonyl (C=O) groups excluding carboxylic acids is 1. The van der Waals surface area contributed by atoms with Crippen LogP contribution in [0, 0.1) is 0 Å². The van der Waals surface area contributed by atoms with Gasteiger partial charge in [-0.15, -0.1) is 18.3 Å². The van der Waals surface area contributed by atoms with Gasteiger partial charge in [0.05, 0.1) is 25.3 Å². The van der Waals surface area contributed by atoms with Crippen LogP contribution in [-0.2, 0) is 17.8 Å². The van der Waals surface area contributed by atoms with E-state index in [0.717, 1.165) is 13.1 Å². The summed E-state index contributed by atoms with van der Waals surface area (Å²) in [7, 11) is 0. The van der Waals surface area contributed by atoms with Crippen molar-refractivity contribution in [2.24, 2.45) is 0 Å². The molecule has 1 fully saturated rings. The Balaban J connectivity index is 1.45. The molecular weight excluding hydrogens is 523 g/mol. The first-order chi connectivity index (χ1) is 16.2. The lowest BCUT2D eigenvalue weighted by atomic mass is 10.2. The SMILES string of the molecule is O=C(NCc1ccc(Br)cc1OC(F)(F)F)c1ccc2nn(CCN3CCOCC3)c(=O)n2c1. The molecule has 0 bridgehead atoms. The van der Waals surface area contributed by atoms with Crippen molar-refractivity contribution in [3.05, 3.63) is 62.6 Å². The topological polar surface area (TPSA) is 90.1 Å². The van der Waals surface area contributed by atoms with E-state index in [1.54, 1.807) is 12.1 Å². The van der Waals surface area contributed by atoms with Crippen LogP contribution < -0.4 is 15.7 Å². The van der Waals surface area contributed by atoms with E-state index in [1.165, 1.54) is 33.5 Å². The molecule has 1 aromatic carbocycles. The molecule has 13 heteroatoms. The Morgan fingerprint density at radius 2 is 1.94 bits per heavy atom. The highest BCUT2D eigenvalue weighted by Gasteiger charge is 2.32. The molecule has 1 amide bonds. The van der Waals surface area contributed by atoms with Gasteiger partial charge in [0.1, 0.15) is 5.75 Å². The van der Waals surface area contributed by atoms with Gasteiger partial charge in [0, 0.05) is 42.4 Å². The number of hydrogen-bond donors (Lipinski definition) is 1. The lowest BCUT2D eigenvalue weighted by Gasteiger charge is -2.26. The number of halogens is 4. The molecule has 182 valence electrons. The van der Waals surface area contributed by atoms with Crippen molar-refractivity contribution < 1.29 is 27.4 Å². The Morgan fingerprint density at radius 3 is 2.68 bits per heavy atom.